The van der Waals surface area contributed by atoms with E-state index in [9.17, 15) is 4.79 Å². The second kappa shape index (κ2) is 5.51. The lowest BCUT2D eigenvalue weighted by Gasteiger charge is -2.30. The standard InChI is InChI=1S/C14H24O2/c1-5-12(11-9-7-6-8-10-11)16-13(15)14(2,3)4/h5,11-12H,1,6-10H2,2-4H3/t12-/m1/s1. The molecule has 1 saturated carbocycles. The van der Waals surface area contributed by atoms with Crippen molar-refractivity contribution in [3.63, 3.8) is 0 Å². The highest BCUT2D eigenvalue weighted by atomic mass is 16.5. The number of hydrogen-bond acceptors (Lipinski definition) is 2. The Kier molecular flexibility index (Phi) is 4.57. The molecule has 1 fully saturated rings. The fourth-order valence-corrected chi connectivity index (χ4v) is 2.10. The van der Waals surface area contributed by atoms with Crippen LogP contribution in [-0.2, 0) is 9.53 Å². The van der Waals surface area contributed by atoms with Crippen LogP contribution in [0.1, 0.15) is 52.9 Å². The van der Waals surface area contributed by atoms with E-state index in [1.54, 1.807) is 6.08 Å². The van der Waals surface area contributed by atoms with Gasteiger partial charge in [-0.2, -0.15) is 0 Å². The molecule has 2 heteroatoms. The Hall–Kier alpha value is -0.790. The number of ether oxygens (including phenoxy) is 1. The molecule has 1 atom stereocenters. The maximum Gasteiger partial charge on any atom is 0.311 e. The van der Waals surface area contributed by atoms with Crippen LogP contribution in [-0.4, -0.2) is 12.1 Å². The largest absolute Gasteiger partial charge is 0.457 e. The molecule has 0 aliphatic heterocycles. The molecule has 0 heterocycles. The third kappa shape index (κ3) is 3.66. The van der Waals surface area contributed by atoms with Gasteiger partial charge in [0.15, 0.2) is 0 Å². The number of carbonyl (C=O) groups is 1. The lowest BCUT2D eigenvalue weighted by molar-refractivity contribution is -0.159. The van der Waals surface area contributed by atoms with Crippen molar-refractivity contribution >= 4 is 5.97 Å². The van der Waals surface area contributed by atoms with Crippen LogP contribution >= 0.6 is 0 Å². The summed E-state index contributed by atoms with van der Waals surface area (Å²) in [5.74, 6) is 0.362. The van der Waals surface area contributed by atoms with E-state index in [1.165, 1.54) is 19.3 Å². The van der Waals surface area contributed by atoms with Gasteiger partial charge < -0.3 is 4.74 Å². The first-order valence-corrected chi connectivity index (χ1v) is 6.29. The predicted molar refractivity (Wildman–Crippen MR) is 66.1 cm³/mol. The lowest BCUT2D eigenvalue weighted by atomic mass is 9.85. The third-order valence-corrected chi connectivity index (χ3v) is 3.20. The summed E-state index contributed by atoms with van der Waals surface area (Å²) in [5.41, 5.74) is -0.421. The lowest BCUT2D eigenvalue weighted by Crippen LogP contribution is -2.32. The number of carbonyl (C=O) groups excluding carboxylic acids is 1. The molecule has 1 aliphatic carbocycles. The summed E-state index contributed by atoms with van der Waals surface area (Å²) in [6, 6.07) is 0. The van der Waals surface area contributed by atoms with E-state index < -0.39 is 5.41 Å². The number of esters is 1. The minimum absolute atomic E-state index is 0.0907. The van der Waals surface area contributed by atoms with Crippen LogP contribution in [0.25, 0.3) is 0 Å². The van der Waals surface area contributed by atoms with Crippen molar-refractivity contribution in [2.24, 2.45) is 11.3 Å². The SMILES string of the molecule is C=C[C@@H](OC(=O)C(C)(C)C)C1CCCCC1. The molecule has 0 amide bonds. The Morgan fingerprint density at radius 3 is 2.31 bits per heavy atom. The van der Waals surface area contributed by atoms with Gasteiger partial charge in [0.2, 0.25) is 0 Å². The van der Waals surface area contributed by atoms with E-state index >= 15 is 0 Å². The van der Waals surface area contributed by atoms with Crippen LogP contribution in [0.2, 0.25) is 0 Å². The van der Waals surface area contributed by atoms with Gasteiger partial charge in [-0.25, -0.2) is 0 Å². The fourth-order valence-electron chi connectivity index (χ4n) is 2.10. The molecule has 0 saturated heterocycles. The molecule has 0 aromatic carbocycles. The summed E-state index contributed by atoms with van der Waals surface area (Å²) >= 11 is 0. The molecule has 0 aromatic rings. The third-order valence-electron chi connectivity index (χ3n) is 3.20. The molecule has 1 aliphatic rings. The first kappa shape index (κ1) is 13.3. The second-order valence-corrected chi connectivity index (χ2v) is 5.75. The second-order valence-electron chi connectivity index (χ2n) is 5.75. The van der Waals surface area contributed by atoms with Gasteiger partial charge in [-0.05, 0) is 39.5 Å². The van der Waals surface area contributed by atoms with Crippen LogP contribution in [0, 0.1) is 11.3 Å². The highest BCUT2D eigenvalue weighted by Crippen LogP contribution is 2.29. The Morgan fingerprint density at radius 1 is 1.31 bits per heavy atom. The average Bonchev–Trinajstić information content (AvgIpc) is 2.25. The van der Waals surface area contributed by atoms with Crippen molar-refractivity contribution in [1.29, 1.82) is 0 Å². The van der Waals surface area contributed by atoms with Crippen molar-refractivity contribution in [3.8, 4) is 0 Å². The fraction of sp³-hybridized carbons (Fsp3) is 0.786. The highest BCUT2D eigenvalue weighted by Gasteiger charge is 2.29. The highest BCUT2D eigenvalue weighted by molar-refractivity contribution is 5.75. The molecule has 1 rings (SSSR count). The molecule has 92 valence electrons. The molecule has 0 bridgehead atoms. The summed E-state index contributed by atoms with van der Waals surface area (Å²) in [7, 11) is 0. The number of rotatable bonds is 3. The molecule has 0 N–H and O–H groups in total. The smallest absolute Gasteiger partial charge is 0.311 e. The minimum atomic E-state index is -0.421. The Bertz CT molecular complexity index is 244. The zero-order chi connectivity index (χ0) is 12.2. The van der Waals surface area contributed by atoms with Crippen LogP contribution in [0.3, 0.4) is 0 Å². The van der Waals surface area contributed by atoms with Gasteiger partial charge in [0.25, 0.3) is 0 Å². The molecule has 2 nitrogen and oxygen atoms in total. The van der Waals surface area contributed by atoms with E-state index in [1.807, 2.05) is 20.8 Å². The molecule has 0 spiro atoms. The van der Waals surface area contributed by atoms with Crippen molar-refractivity contribution in [3.05, 3.63) is 12.7 Å². The van der Waals surface area contributed by atoms with Gasteiger partial charge in [-0.1, -0.05) is 31.9 Å². The quantitative estimate of drug-likeness (QED) is 0.539. The van der Waals surface area contributed by atoms with Crippen LogP contribution in [0.15, 0.2) is 12.7 Å². The average molecular weight is 224 g/mol. The van der Waals surface area contributed by atoms with Crippen LogP contribution < -0.4 is 0 Å². The summed E-state index contributed by atoms with van der Waals surface area (Å²) in [6.07, 6.45) is 7.84. The Labute approximate surface area is 99.1 Å². The van der Waals surface area contributed by atoms with Crippen molar-refractivity contribution in [2.45, 2.75) is 59.0 Å². The summed E-state index contributed by atoms with van der Waals surface area (Å²) < 4.78 is 5.55. The molecular formula is C14H24O2. The van der Waals surface area contributed by atoms with Gasteiger partial charge >= 0.3 is 5.97 Å². The maximum absolute atomic E-state index is 11.8. The molecule has 16 heavy (non-hydrogen) atoms. The van der Waals surface area contributed by atoms with Crippen molar-refractivity contribution < 1.29 is 9.53 Å². The molecule has 0 aromatic heterocycles. The normalized spacial score (nSPS) is 20.2. The summed E-state index contributed by atoms with van der Waals surface area (Å²) in [5, 5.41) is 0. The zero-order valence-corrected chi connectivity index (χ0v) is 10.8. The van der Waals surface area contributed by atoms with Gasteiger partial charge in [0.05, 0.1) is 5.41 Å². The van der Waals surface area contributed by atoms with E-state index in [0.29, 0.717) is 5.92 Å². The topological polar surface area (TPSA) is 26.3 Å². The first-order valence-electron chi connectivity index (χ1n) is 6.29. The van der Waals surface area contributed by atoms with Gasteiger partial charge in [0.1, 0.15) is 6.10 Å². The maximum atomic E-state index is 11.8. The summed E-state index contributed by atoms with van der Waals surface area (Å²) in [4.78, 5) is 11.8. The van der Waals surface area contributed by atoms with E-state index in [-0.39, 0.29) is 12.1 Å². The monoisotopic (exact) mass is 224 g/mol. The molecule has 0 radical (unpaired) electrons. The molecular weight excluding hydrogens is 200 g/mol. The van der Waals surface area contributed by atoms with Crippen molar-refractivity contribution in [1.82, 2.24) is 0 Å². The number of hydrogen-bond donors (Lipinski definition) is 0. The van der Waals surface area contributed by atoms with Gasteiger partial charge in [-0.15, -0.1) is 0 Å². The minimum Gasteiger partial charge on any atom is -0.457 e. The van der Waals surface area contributed by atoms with Gasteiger partial charge in [-0.3, -0.25) is 4.79 Å². The van der Waals surface area contributed by atoms with Crippen LogP contribution in [0.5, 0.6) is 0 Å². The van der Waals surface area contributed by atoms with Crippen LogP contribution in [0.4, 0.5) is 0 Å². The first-order chi connectivity index (χ1) is 7.45. The summed E-state index contributed by atoms with van der Waals surface area (Å²) in [6.45, 7) is 9.45. The van der Waals surface area contributed by atoms with E-state index in [0.717, 1.165) is 12.8 Å². The van der Waals surface area contributed by atoms with E-state index in [4.69, 9.17) is 4.74 Å². The zero-order valence-electron chi connectivity index (χ0n) is 10.8. The molecule has 0 unspecified atom stereocenters. The predicted octanol–water partition coefficient (Wildman–Crippen LogP) is 3.71. The van der Waals surface area contributed by atoms with E-state index in [2.05, 4.69) is 6.58 Å². The van der Waals surface area contributed by atoms with Gasteiger partial charge in [0, 0.05) is 0 Å². The Balaban J connectivity index is 2.54. The van der Waals surface area contributed by atoms with Crippen molar-refractivity contribution in [2.75, 3.05) is 0 Å². The Morgan fingerprint density at radius 2 is 1.88 bits per heavy atom.